The van der Waals surface area contributed by atoms with Crippen LogP contribution in [0.25, 0.3) is 0 Å². The SMILES string of the molecule is CC(C)=CC[C@@H](OC(=O)CCCC(=O)Nc1ccccc1)C1=CC(=O)c2c(O)ccc(O)c2C1=O. The van der Waals surface area contributed by atoms with Gasteiger partial charge in [0.2, 0.25) is 5.91 Å². The average Bonchev–Trinajstić information content (AvgIpc) is 2.81. The molecule has 0 saturated carbocycles. The van der Waals surface area contributed by atoms with Gasteiger partial charge in [0.25, 0.3) is 0 Å². The van der Waals surface area contributed by atoms with E-state index >= 15 is 0 Å². The molecule has 0 aromatic heterocycles. The largest absolute Gasteiger partial charge is 0.507 e. The van der Waals surface area contributed by atoms with E-state index in [4.69, 9.17) is 4.74 Å². The van der Waals surface area contributed by atoms with E-state index in [-0.39, 0.29) is 48.3 Å². The lowest BCUT2D eigenvalue weighted by Gasteiger charge is -2.23. The number of carbonyl (C=O) groups excluding carboxylic acids is 4. The summed E-state index contributed by atoms with van der Waals surface area (Å²) in [6, 6.07) is 11.2. The summed E-state index contributed by atoms with van der Waals surface area (Å²) in [5, 5.41) is 22.9. The maximum absolute atomic E-state index is 13.1. The molecule has 0 radical (unpaired) electrons. The molecule has 0 unspecified atom stereocenters. The van der Waals surface area contributed by atoms with E-state index in [1.165, 1.54) is 0 Å². The number of anilines is 1. The van der Waals surface area contributed by atoms with Gasteiger partial charge < -0.3 is 20.3 Å². The van der Waals surface area contributed by atoms with Crippen LogP contribution in [0.15, 0.2) is 65.8 Å². The molecular weight excluding hydrogens is 450 g/mol. The number of hydrogen-bond donors (Lipinski definition) is 3. The Hall–Kier alpha value is -4.20. The van der Waals surface area contributed by atoms with E-state index in [1.807, 2.05) is 19.9 Å². The first-order valence-corrected chi connectivity index (χ1v) is 11.2. The molecule has 8 heteroatoms. The molecule has 0 saturated heterocycles. The second-order valence-electron chi connectivity index (χ2n) is 8.41. The highest BCUT2D eigenvalue weighted by Crippen LogP contribution is 2.36. The highest BCUT2D eigenvalue weighted by atomic mass is 16.5. The second kappa shape index (κ2) is 11.3. The molecule has 1 amide bonds. The standard InChI is InChI=1S/C27H27NO7/c1-16(2)11-14-22(18-15-21(31)25-19(29)12-13-20(30)26(25)27(18)34)35-24(33)10-6-9-23(32)28-17-7-4-3-5-8-17/h3-5,7-8,11-13,15,22,29-30H,6,9-10,14H2,1-2H3,(H,28,32)/t22-/m1/s1. The van der Waals surface area contributed by atoms with Crippen LogP contribution >= 0.6 is 0 Å². The summed E-state index contributed by atoms with van der Waals surface area (Å²) in [5.41, 5.74) is 0.887. The maximum Gasteiger partial charge on any atom is 0.306 e. The average molecular weight is 478 g/mol. The number of fused-ring (bicyclic) bond motifs is 1. The Bertz CT molecular complexity index is 1210. The van der Waals surface area contributed by atoms with Gasteiger partial charge in [-0.05, 0) is 50.6 Å². The topological polar surface area (TPSA) is 130 Å². The molecule has 1 aliphatic carbocycles. The fourth-order valence-corrected chi connectivity index (χ4v) is 3.66. The van der Waals surface area contributed by atoms with E-state index < -0.39 is 35.1 Å². The fourth-order valence-electron chi connectivity index (χ4n) is 3.66. The Morgan fingerprint density at radius 2 is 1.63 bits per heavy atom. The number of Topliss-reactive ketones (excluding diaryl/α,β-unsaturated/α-hetero) is 1. The summed E-state index contributed by atoms with van der Waals surface area (Å²) in [4.78, 5) is 50.4. The number of ketones is 2. The molecule has 0 heterocycles. The molecule has 3 N–H and O–H groups in total. The van der Waals surface area contributed by atoms with Crippen molar-refractivity contribution in [3.63, 3.8) is 0 Å². The Kier molecular flexibility index (Phi) is 8.20. The number of hydrogen-bond acceptors (Lipinski definition) is 7. The minimum absolute atomic E-state index is 0.0639. The quantitative estimate of drug-likeness (QED) is 0.276. The zero-order chi connectivity index (χ0) is 25.5. The molecule has 0 spiro atoms. The lowest BCUT2D eigenvalue weighted by molar-refractivity contribution is -0.147. The molecular formula is C27H27NO7. The highest BCUT2D eigenvalue weighted by molar-refractivity contribution is 6.27. The molecule has 1 aliphatic rings. The fraction of sp³-hybridized carbons (Fsp3) is 0.259. The molecule has 2 aromatic rings. The number of benzene rings is 2. The van der Waals surface area contributed by atoms with Crippen molar-refractivity contribution < 1.29 is 34.1 Å². The number of allylic oxidation sites excluding steroid dienone is 2. The molecule has 0 fully saturated rings. The van der Waals surface area contributed by atoms with Crippen molar-refractivity contribution in [1.82, 2.24) is 0 Å². The molecule has 3 rings (SSSR count). The molecule has 182 valence electrons. The number of esters is 1. The Balaban J connectivity index is 1.69. The van der Waals surface area contributed by atoms with E-state index in [9.17, 15) is 29.4 Å². The first kappa shape index (κ1) is 25.4. The van der Waals surface area contributed by atoms with Crippen LogP contribution < -0.4 is 5.32 Å². The Labute approximate surface area is 202 Å². The molecule has 35 heavy (non-hydrogen) atoms. The van der Waals surface area contributed by atoms with Crippen molar-refractivity contribution >= 4 is 29.1 Å². The minimum Gasteiger partial charge on any atom is -0.507 e. The van der Waals surface area contributed by atoms with Gasteiger partial charge in [0.15, 0.2) is 11.6 Å². The summed E-state index contributed by atoms with van der Waals surface area (Å²) in [5.74, 6) is -3.10. The third kappa shape index (κ3) is 6.44. The summed E-state index contributed by atoms with van der Waals surface area (Å²) in [6.45, 7) is 3.68. The van der Waals surface area contributed by atoms with Crippen LogP contribution in [-0.2, 0) is 14.3 Å². The predicted octanol–water partition coefficient (Wildman–Crippen LogP) is 4.48. The molecule has 8 nitrogen and oxygen atoms in total. The minimum atomic E-state index is -1.07. The molecule has 1 atom stereocenters. The summed E-state index contributed by atoms with van der Waals surface area (Å²) < 4.78 is 5.54. The third-order valence-corrected chi connectivity index (χ3v) is 5.39. The molecule has 0 bridgehead atoms. The van der Waals surface area contributed by atoms with Crippen molar-refractivity contribution in [3.05, 3.63) is 76.9 Å². The van der Waals surface area contributed by atoms with Gasteiger partial charge in [-0.15, -0.1) is 0 Å². The van der Waals surface area contributed by atoms with Crippen LogP contribution in [0.3, 0.4) is 0 Å². The van der Waals surface area contributed by atoms with Crippen LogP contribution in [-0.4, -0.2) is 39.8 Å². The number of nitrogens with one attached hydrogen (secondary N) is 1. The lowest BCUT2D eigenvalue weighted by atomic mass is 9.85. The smallest absolute Gasteiger partial charge is 0.306 e. The zero-order valence-corrected chi connectivity index (χ0v) is 19.5. The Morgan fingerprint density at radius 1 is 0.971 bits per heavy atom. The van der Waals surface area contributed by atoms with E-state index in [0.29, 0.717) is 5.69 Å². The van der Waals surface area contributed by atoms with E-state index in [0.717, 1.165) is 23.8 Å². The van der Waals surface area contributed by atoms with Crippen molar-refractivity contribution in [2.75, 3.05) is 5.32 Å². The monoisotopic (exact) mass is 477 g/mol. The number of aromatic hydroxyl groups is 2. The van der Waals surface area contributed by atoms with Crippen molar-refractivity contribution in [2.45, 2.75) is 45.6 Å². The maximum atomic E-state index is 13.1. The second-order valence-corrected chi connectivity index (χ2v) is 8.41. The summed E-state index contributed by atoms with van der Waals surface area (Å²) in [7, 11) is 0. The lowest BCUT2D eigenvalue weighted by Crippen LogP contribution is -2.29. The van der Waals surface area contributed by atoms with Crippen LogP contribution in [0.5, 0.6) is 11.5 Å². The van der Waals surface area contributed by atoms with Gasteiger partial charge in [0.05, 0.1) is 11.1 Å². The summed E-state index contributed by atoms with van der Waals surface area (Å²) in [6.07, 6.45) is 2.14. The van der Waals surface area contributed by atoms with Crippen LogP contribution in [0, 0.1) is 0 Å². The number of phenols is 2. The zero-order valence-electron chi connectivity index (χ0n) is 19.5. The van der Waals surface area contributed by atoms with Crippen molar-refractivity contribution in [2.24, 2.45) is 0 Å². The van der Waals surface area contributed by atoms with Gasteiger partial charge in [-0.1, -0.05) is 29.8 Å². The predicted molar refractivity (Wildman–Crippen MR) is 129 cm³/mol. The number of rotatable bonds is 9. The number of ether oxygens (including phenoxy) is 1. The highest BCUT2D eigenvalue weighted by Gasteiger charge is 2.35. The van der Waals surface area contributed by atoms with Gasteiger partial charge >= 0.3 is 5.97 Å². The van der Waals surface area contributed by atoms with Crippen molar-refractivity contribution in [3.8, 4) is 11.5 Å². The van der Waals surface area contributed by atoms with Gasteiger partial charge in [-0.25, -0.2) is 0 Å². The molecule has 2 aromatic carbocycles. The Morgan fingerprint density at radius 3 is 2.29 bits per heavy atom. The first-order chi connectivity index (χ1) is 16.7. The number of para-hydroxylation sites is 1. The van der Waals surface area contributed by atoms with Crippen LogP contribution in [0.2, 0.25) is 0 Å². The first-order valence-electron chi connectivity index (χ1n) is 11.2. The van der Waals surface area contributed by atoms with Crippen molar-refractivity contribution in [1.29, 1.82) is 0 Å². The van der Waals surface area contributed by atoms with Crippen LogP contribution in [0.4, 0.5) is 5.69 Å². The normalized spacial score (nSPS) is 13.4. The van der Waals surface area contributed by atoms with Crippen LogP contribution in [0.1, 0.15) is 60.2 Å². The van der Waals surface area contributed by atoms with Gasteiger partial charge in [-0.2, -0.15) is 0 Å². The van der Waals surface area contributed by atoms with Gasteiger partial charge in [0, 0.05) is 30.5 Å². The van der Waals surface area contributed by atoms with E-state index in [1.54, 1.807) is 30.3 Å². The van der Waals surface area contributed by atoms with Gasteiger partial charge in [-0.3, -0.25) is 19.2 Å². The number of amides is 1. The number of carbonyl (C=O) groups is 4. The van der Waals surface area contributed by atoms with E-state index in [2.05, 4.69) is 5.32 Å². The molecule has 0 aliphatic heterocycles. The number of phenolic OH excluding ortho intramolecular Hbond substituents is 2. The van der Waals surface area contributed by atoms with Gasteiger partial charge in [0.1, 0.15) is 17.6 Å². The summed E-state index contributed by atoms with van der Waals surface area (Å²) >= 11 is 0. The third-order valence-electron chi connectivity index (χ3n) is 5.39.